The van der Waals surface area contributed by atoms with Crippen LogP contribution in [0.15, 0.2) is 0 Å². The first-order valence-corrected chi connectivity index (χ1v) is 8.67. The average Bonchev–Trinajstić information content (AvgIpc) is 3.23. The topological polar surface area (TPSA) is 43.9 Å². The molecule has 0 aromatic heterocycles. The highest BCUT2D eigenvalue weighted by atomic mass is 19.4. The van der Waals surface area contributed by atoms with Crippen LogP contribution in [0.5, 0.6) is 0 Å². The average molecular weight is 347 g/mol. The van der Waals surface area contributed by atoms with Gasteiger partial charge in [0.05, 0.1) is 0 Å². The highest BCUT2D eigenvalue weighted by molar-refractivity contribution is 5.90. The second-order valence-electron chi connectivity index (χ2n) is 7.17. The molecule has 1 unspecified atom stereocenters. The number of nitrogens with zero attached hydrogens (tertiary/aromatic N) is 3. The second kappa shape index (κ2) is 6.54. The standard InChI is InChI=1S/C16H24F3N3O2/c1-20-9-6-12(7-10-20)22(11-4-5-11)14(23)13-3-2-8-21(13)15(24)16(17,18)19/h11-13H,2-10H2,1H3. The molecule has 1 atom stereocenters. The van der Waals surface area contributed by atoms with Crippen LogP contribution in [0, 0.1) is 0 Å². The molecule has 3 rings (SSSR count). The summed E-state index contributed by atoms with van der Waals surface area (Å²) in [5, 5.41) is 0. The van der Waals surface area contributed by atoms with Crippen LogP contribution < -0.4 is 0 Å². The van der Waals surface area contributed by atoms with Crippen molar-refractivity contribution in [1.82, 2.24) is 14.7 Å². The van der Waals surface area contributed by atoms with E-state index in [1.54, 1.807) is 0 Å². The Labute approximate surface area is 139 Å². The van der Waals surface area contributed by atoms with E-state index in [4.69, 9.17) is 0 Å². The van der Waals surface area contributed by atoms with Gasteiger partial charge in [0.2, 0.25) is 5.91 Å². The van der Waals surface area contributed by atoms with Crippen molar-refractivity contribution in [2.75, 3.05) is 26.7 Å². The highest BCUT2D eigenvalue weighted by Crippen LogP contribution is 2.35. The maximum Gasteiger partial charge on any atom is 0.471 e. The first kappa shape index (κ1) is 17.5. The summed E-state index contributed by atoms with van der Waals surface area (Å²) in [5.74, 6) is -2.15. The normalized spacial score (nSPS) is 26.7. The van der Waals surface area contributed by atoms with Gasteiger partial charge in [0, 0.05) is 18.6 Å². The molecule has 5 nitrogen and oxygen atoms in total. The number of rotatable bonds is 3. The number of alkyl halides is 3. The van der Waals surface area contributed by atoms with Gasteiger partial charge < -0.3 is 14.7 Å². The van der Waals surface area contributed by atoms with Gasteiger partial charge in [-0.3, -0.25) is 9.59 Å². The molecule has 1 aliphatic carbocycles. The van der Waals surface area contributed by atoms with Crippen LogP contribution in [0.1, 0.15) is 38.5 Å². The van der Waals surface area contributed by atoms with Gasteiger partial charge in [-0.1, -0.05) is 0 Å². The van der Waals surface area contributed by atoms with Gasteiger partial charge in [-0.05, 0) is 58.7 Å². The van der Waals surface area contributed by atoms with Crippen molar-refractivity contribution < 1.29 is 22.8 Å². The smallest absolute Gasteiger partial charge is 0.335 e. The van der Waals surface area contributed by atoms with Crippen LogP contribution in [0.4, 0.5) is 13.2 Å². The van der Waals surface area contributed by atoms with Gasteiger partial charge in [-0.25, -0.2) is 0 Å². The molecule has 2 amide bonds. The first-order valence-electron chi connectivity index (χ1n) is 8.67. The number of hydrogen-bond donors (Lipinski definition) is 0. The number of hydrogen-bond acceptors (Lipinski definition) is 3. The minimum atomic E-state index is -4.92. The Bertz CT molecular complexity index is 499. The Kier molecular flexibility index (Phi) is 4.77. The molecule has 2 saturated heterocycles. The zero-order chi connectivity index (χ0) is 17.5. The van der Waals surface area contributed by atoms with E-state index in [-0.39, 0.29) is 24.5 Å². The van der Waals surface area contributed by atoms with E-state index in [0.29, 0.717) is 12.8 Å². The Morgan fingerprint density at radius 1 is 0.958 bits per heavy atom. The van der Waals surface area contributed by atoms with Gasteiger partial charge in [-0.15, -0.1) is 0 Å². The van der Waals surface area contributed by atoms with Crippen LogP contribution in [0.2, 0.25) is 0 Å². The predicted molar refractivity (Wildman–Crippen MR) is 81.2 cm³/mol. The summed E-state index contributed by atoms with van der Waals surface area (Å²) in [6.45, 7) is 1.79. The lowest BCUT2D eigenvalue weighted by Crippen LogP contribution is -2.55. The second-order valence-corrected chi connectivity index (χ2v) is 7.17. The number of carbonyl (C=O) groups excluding carboxylic acids is 2. The quantitative estimate of drug-likeness (QED) is 0.779. The van der Waals surface area contributed by atoms with Crippen LogP contribution in [-0.2, 0) is 9.59 Å². The van der Waals surface area contributed by atoms with E-state index in [9.17, 15) is 22.8 Å². The summed E-state index contributed by atoms with van der Waals surface area (Å²) >= 11 is 0. The summed E-state index contributed by atoms with van der Waals surface area (Å²) in [6, 6.07) is -0.710. The van der Waals surface area contributed by atoms with E-state index in [1.165, 1.54) is 0 Å². The molecule has 24 heavy (non-hydrogen) atoms. The van der Waals surface area contributed by atoms with E-state index in [0.717, 1.165) is 43.7 Å². The number of halogens is 3. The molecule has 3 fully saturated rings. The van der Waals surface area contributed by atoms with Crippen LogP contribution >= 0.6 is 0 Å². The zero-order valence-corrected chi connectivity index (χ0v) is 13.9. The third-order valence-electron chi connectivity index (χ3n) is 5.32. The van der Waals surface area contributed by atoms with Crippen molar-refractivity contribution in [3.63, 3.8) is 0 Å². The van der Waals surface area contributed by atoms with Crippen molar-refractivity contribution in [3.8, 4) is 0 Å². The van der Waals surface area contributed by atoms with E-state index >= 15 is 0 Å². The zero-order valence-electron chi connectivity index (χ0n) is 13.9. The lowest BCUT2D eigenvalue weighted by atomic mass is 10.0. The molecule has 2 heterocycles. The molecule has 0 N–H and O–H groups in total. The lowest BCUT2D eigenvalue weighted by molar-refractivity contribution is -0.187. The molecule has 0 spiro atoms. The van der Waals surface area contributed by atoms with Gasteiger partial charge >= 0.3 is 12.1 Å². The summed E-state index contributed by atoms with van der Waals surface area (Å²) in [6.07, 6.45) is -0.616. The Morgan fingerprint density at radius 2 is 1.54 bits per heavy atom. The maximum atomic E-state index is 13.0. The number of piperidine rings is 1. The molecular weight excluding hydrogens is 323 g/mol. The van der Waals surface area contributed by atoms with Crippen molar-refractivity contribution in [2.45, 2.75) is 62.8 Å². The van der Waals surface area contributed by atoms with Crippen LogP contribution in [-0.4, -0.2) is 77.5 Å². The number of carbonyl (C=O) groups is 2. The molecule has 1 saturated carbocycles. The van der Waals surface area contributed by atoms with Crippen molar-refractivity contribution in [1.29, 1.82) is 0 Å². The molecule has 0 aromatic rings. The Balaban J connectivity index is 1.73. The summed E-state index contributed by atoms with van der Waals surface area (Å²) < 4.78 is 38.4. The molecule has 2 aliphatic heterocycles. The van der Waals surface area contributed by atoms with Crippen molar-refractivity contribution in [3.05, 3.63) is 0 Å². The summed E-state index contributed by atoms with van der Waals surface area (Å²) in [5.41, 5.74) is 0. The van der Waals surface area contributed by atoms with Crippen molar-refractivity contribution in [2.24, 2.45) is 0 Å². The molecule has 0 radical (unpaired) electrons. The lowest BCUT2D eigenvalue weighted by Gasteiger charge is -2.40. The molecule has 136 valence electrons. The minimum Gasteiger partial charge on any atom is -0.335 e. The number of amides is 2. The molecule has 0 bridgehead atoms. The van der Waals surface area contributed by atoms with E-state index in [2.05, 4.69) is 4.90 Å². The van der Waals surface area contributed by atoms with Gasteiger partial charge in [-0.2, -0.15) is 13.2 Å². The fourth-order valence-corrected chi connectivity index (χ4v) is 3.89. The minimum absolute atomic E-state index is 0.0145. The first-order chi connectivity index (χ1) is 11.3. The number of likely N-dealkylation sites (tertiary alicyclic amines) is 2. The van der Waals surface area contributed by atoms with Crippen LogP contribution in [0.3, 0.4) is 0 Å². The van der Waals surface area contributed by atoms with Crippen molar-refractivity contribution >= 4 is 11.8 Å². The van der Waals surface area contributed by atoms with E-state index < -0.39 is 18.1 Å². The fourth-order valence-electron chi connectivity index (χ4n) is 3.89. The molecule has 3 aliphatic rings. The van der Waals surface area contributed by atoms with Gasteiger partial charge in [0.25, 0.3) is 0 Å². The summed E-state index contributed by atoms with van der Waals surface area (Å²) in [7, 11) is 2.03. The predicted octanol–water partition coefficient (Wildman–Crippen LogP) is 1.62. The highest BCUT2D eigenvalue weighted by Gasteiger charge is 2.50. The molecule has 0 aromatic carbocycles. The summed E-state index contributed by atoms with van der Waals surface area (Å²) in [4.78, 5) is 29.4. The largest absolute Gasteiger partial charge is 0.471 e. The maximum absolute atomic E-state index is 13.0. The van der Waals surface area contributed by atoms with Gasteiger partial charge in [0.1, 0.15) is 6.04 Å². The van der Waals surface area contributed by atoms with Gasteiger partial charge in [0.15, 0.2) is 0 Å². The van der Waals surface area contributed by atoms with Crippen LogP contribution in [0.25, 0.3) is 0 Å². The molecular formula is C16H24F3N3O2. The molecule has 8 heteroatoms. The Hall–Kier alpha value is -1.31. The fraction of sp³-hybridized carbons (Fsp3) is 0.875. The van der Waals surface area contributed by atoms with E-state index in [1.807, 2.05) is 11.9 Å². The third kappa shape index (κ3) is 3.53. The third-order valence-corrected chi connectivity index (χ3v) is 5.32. The Morgan fingerprint density at radius 3 is 2.08 bits per heavy atom. The SMILES string of the molecule is CN1CCC(N(C(=O)C2CCCN2C(=O)C(F)(F)F)C2CC2)CC1. The monoisotopic (exact) mass is 347 g/mol.